The average Bonchev–Trinajstić information content (AvgIpc) is 2.76. The number of carboxylic acid groups (broad SMARTS) is 1. The smallest absolute Gasteiger partial charge is 0.357 e. The number of carbonyl (C=O) groups is 1. The first kappa shape index (κ1) is 14.3. The molecule has 96 valence electrons. The van der Waals surface area contributed by atoms with Gasteiger partial charge in [-0.1, -0.05) is 12.8 Å². The van der Waals surface area contributed by atoms with Crippen molar-refractivity contribution in [2.45, 2.75) is 25.7 Å². The summed E-state index contributed by atoms with van der Waals surface area (Å²) in [5, 5.41) is 12.7. The molecule has 0 aliphatic heterocycles. The van der Waals surface area contributed by atoms with Crippen molar-refractivity contribution < 1.29 is 9.90 Å². The van der Waals surface area contributed by atoms with Crippen LogP contribution >= 0.6 is 23.1 Å². The van der Waals surface area contributed by atoms with Gasteiger partial charge in [0, 0.05) is 6.54 Å². The fraction of sp³-hybridized carbons (Fsp3) is 0.636. The Morgan fingerprint density at radius 3 is 2.94 bits per heavy atom. The number of hydrogen-bond donors (Lipinski definition) is 2. The van der Waals surface area contributed by atoms with Gasteiger partial charge in [0.25, 0.3) is 0 Å². The highest BCUT2D eigenvalue weighted by atomic mass is 32.2. The zero-order chi connectivity index (χ0) is 12.5. The van der Waals surface area contributed by atoms with E-state index in [0.717, 1.165) is 13.0 Å². The molecule has 1 heterocycles. The molecule has 1 aromatic rings. The number of anilines is 1. The molecule has 0 saturated carbocycles. The minimum atomic E-state index is -0.964. The summed E-state index contributed by atoms with van der Waals surface area (Å²) in [6.07, 6.45) is 6.90. The highest BCUT2D eigenvalue weighted by Gasteiger charge is 2.12. The van der Waals surface area contributed by atoms with Gasteiger partial charge >= 0.3 is 5.97 Å². The molecule has 4 nitrogen and oxygen atoms in total. The molecular formula is C11H18N2O2S2. The lowest BCUT2D eigenvalue weighted by atomic mass is 10.2. The molecule has 0 radical (unpaired) electrons. The number of thiazole rings is 1. The Morgan fingerprint density at radius 1 is 1.47 bits per heavy atom. The topological polar surface area (TPSA) is 62.2 Å². The van der Waals surface area contributed by atoms with Gasteiger partial charge in [-0.25, -0.2) is 9.78 Å². The van der Waals surface area contributed by atoms with Crippen molar-refractivity contribution in [3.8, 4) is 0 Å². The summed E-state index contributed by atoms with van der Waals surface area (Å²) < 4.78 is 0. The maximum atomic E-state index is 10.8. The number of nitrogens with zero attached hydrogens (tertiary/aromatic N) is 1. The van der Waals surface area contributed by atoms with Crippen LogP contribution in [-0.4, -0.2) is 34.6 Å². The lowest BCUT2D eigenvalue weighted by molar-refractivity contribution is 0.0692. The van der Waals surface area contributed by atoms with Crippen molar-refractivity contribution in [1.29, 1.82) is 0 Å². The van der Waals surface area contributed by atoms with Crippen LogP contribution in [0.1, 0.15) is 36.2 Å². The van der Waals surface area contributed by atoms with Gasteiger partial charge in [-0.2, -0.15) is 11.8 Å². The van der Waals surface area contributed by atoms with Gasteiger partial charge in [-0.05, 0) is 24.9 Å². The number of hydrogen-bond acceptors (Lipinski definition) is 5. The number of aromatic carboxylic acids is 1. The maximum absolute atomic E-state index is 10.8. The second-order valence-electron chi connectivity index (χ2n) is 3.67. The fourth-order valence-electron chi connectivity index (χ4n) is 1.45. The van der Waals surface area contributed by atoms with Gasteiger partial charge in [-0.3, -0.25) is 0 Å². The first-order valence-corrected chi connectivity index (χ1v) is 7.92. The quantitative estimate of drug-likeness (QED) is 0.677. The molecule has 0 saturated heterocycles. The molecule has 17 heavy (non-hydrogen) atoms. The van der Waals surface area contributed by atoms with E-state index in [4.69, 9.17) is 5.11 Å². The van der Waals surface area contributed by atoms with Crippen LogP contribution in [0.5, 0.6) is 0 Å². The molecular weight excluding hydrogens is 256 g/mol. The van der Waals surface area contributed by atoms with Crippen molar-refractivity contribution in [3.05, 3.63) is 11.2 Å². The standard InChI is InChI=1S/C11H18N2O2S2/c1-16-7-5-3-2-4-6-12-10-9(11(14)15)13-8-17-10/h8,12H,2-7H2,1H3,(H,14,15). The fourth-order valence-corrected chi connectivity index (χ4v) is 2.64. The van der Waals surface area contributed by atoms with E-state index in [1.54, 1.807) is 5.51 Å². The third kappa shape index (κ3) is 5.41. The molecule has 0 bridgehead atoms. The highest BCUT2D eigenvalue weighted by Crippen LogP contribution is 2.20. The van der Waals surface area contributed by atoms with Gasteiger partial charge in [0.15, 0.2) is 5.69 Å². The minimum Gasteiger partial charge on any atom is -0.476 e. The predicted molar refractivity (Wildman–Crippen MR) is 74.4 cm³/mol. The van der Waals surface area contributed by atoms with Crippen LogP contribution in [0.4, 0.5) is 5.00 Å². The van der Waals surface area contributed by atoms with Crippen LogP contribution in [-0.2, 0) is 0 Å². The van der Waals surface area contributed by atoms with Crippen LogP contribution in [0.2, 0.25) is 0 Å². The lowest BCUT2D eigenvalue weighted by Crippen LogP contribution is -2.06. The molecule has 2 N–H and O–H groups in total. The second-order valence-corrected chi connectivity index (χ2v) is 5.51. The van der Waals surface area contributed by atoms with Crippen molar-refractivity contribution >= 4 is 34.1 Å². The van der Waals surface area contributed by atoms with E-state index in [0.29, 0.717) is 5.00 Å². The molecule has 0 aromatic carbocycles. The molecule has 1 rings (SSSR count). The van der Waals surface area contributed by atoms with Crippen molar-refractivity contribution in [2.24, 2.45) is 0 Å². The molecule has 0 unspecified atom stereocenters. The Morgan fingerprint density at radius 2 is 2.24 bits per heavy atom. The van der Waals surface area contributed by atoms with Gasteiger partial charge in [0.05, 0.1) is 5.51 Å². The minimum absolute atomic E-state index is 0.136. The molecule has 0 spiro atoms. The van der Waals surface area contributed by atoms with E-state index in [1.165, 1.54) is 36.4 Å². The number of carboxylic acids is 1. The third-order valence-electron chi connectivity index (χ3n) is 2.33. The zero-order valence-electron chi connectivity index (χ0n) is 9.94. The number of thioether (sulfide) groups is 1. The summed E-state index contributed by atoms with van der Waals surface area (Å²) in [4.78, 5) is 14.6. The Bertz CT molecular complexity index is 342. The SMILES string of the molecule is CSCCCCCCNc1scnc1C(=O)O. The van der Waals surface area contributed by atoms with Gasteiger partial charge in [0.2, 0.25) is 0 Å². The first-order valence-electron chi connectivity index (χ1n) is 5.65. The molecule has 1 aromatic heterocycles. The average molecular weight is 274 g/mol. The lowest BCUT2D eigenvalue weighted by Gasteiger charge is -2.04. The van der Waals surface area contributed by atoms with E-state index < -0.39 is 5.97 Å². The first-order chi connectivity index (χ1) is 8.25. The third-order valence-corrected chi connectivity index (χ3v) is 3.81. The van der Waals surface area contributed by atoms with Crippen molar-refractivity contribution in [2.75, 3.05) is 23.9 Å². The Labute approximate surface area is 110 Å². The second kappa shape index (κ2) is 8.36. The Kier molecular flexibility index (Phi) is 7.04. The molecule has 6 heteroatoms. The highest BCUT2D eigenvalue weighted by molar-refractivity contribution is 7.98. The van der Waals surface area contributed by atoms with Gasteiger partial charge in [0.1, 0.15) is 5.00 Å². The summed E-state index contributed by atoms with van der Waals surface area (Å²) in [7, 11) is 0. The molecule has 0 aliphatic carbocycles. The van der Waals surface area contributed by atoms with Crippen LogP contribution in [0, 0.1) is 0 Å². The Hall–Kier alpha value is -0.750. The van der Waals surface area contributed by atoms with E-state index >= 15 is 0 Å². The normalized spacial score (nSPS) is 10.4. The summed E-state index contributed by atoms with van der Waals surface area (Å²) >= 11 is 3.22. The van der Waals surface area contributed by atoms with Crippen LogP contribution in [0.15, 0.2) is 5.51 Å². The molecule has 0 atom stereocenters. The van der Waals surface area contributed by atoms with Crippen LogP contribution < -0.4 is 5.32 Å². The molecule has 0 fully saturated rings. The molecule has 0 amide bonds. The molecule has 0 aliphatic rings. The largest absolute Gasteiger partial charge is 0.476 e. The Balaban J connectivity index is 2.14. The maximum Gasteiger partial charge on any atom is 0.357 e. The number of rotatable bonds is 9. The zero-order valence-corrected chi connectivity index (χ0v) is 11.6. The van der Waals surface area contributed by atoms with Crippen molar-refractivity contribution in [3.63, 3.8) is 0 Å². The van der Waals surface area contributed by atoms with E-state index in [9.17, 15) is 4.79 Å². The number of unbranched alkanes of at least 4 members (excludes halogenated alkanes) is 3. The van der Waals surface area contributed by atoms with E-state index in [2.05, 4.69) is 16.6 Å². The van der Waals surface area contributed by atoms with E-state index in [1.807, 2.05) is 11.8 Å². The van der Waals surface area contributed by atoms with Crippen LogP contribution in [0.3, 0.4) is 0 Å². The monoisotopic (exact) mass is 274 g/mol. The summed E-state index contributed by atoms with van der Waals surface area (Å²) in [5.41, 5.74) is 1.70. The predicted octanol–water partition coefficient (Wildman–Crippen LogP) is 3.18. The van der Waals surface area contributed by atoms with Gasteiger partial charge in [-0.15, -0.1) is 11.3 Å². The summed E-state index contributed by atoms with van der Waals surface area (Å²) in [6.45, 7) is 0.821. The van der Waals surface area contributed by atoms with Gasteiger partial charge < -0.3 is 10.4 Å². The van der Waals surface area contributed by atoms with Crippen molar-refractivity contribution in [1.82, 2.24) is 4.98 Å². The summed E-state index contributed by atoms with van der Waals surface area (Å²) in [5.74, 6) is 0.263. The number of nitrogens with one attached hydrogen (secondary N) is 1. The van der Waals surface area contributed by atoms with Crippen LogP contribution in [0.25, 0.3) is 0 Å². The van der Waals surface area contributed by atoms with E-state index in [-0.39, 0.29) is 5.69 Å². The number of aromatic nitrogens is 1. The summed E-state index contributed by atoms with van der Waals surface area (Å²) in [6, 6.07) is 0.